The van der Waals surface area contributed by atoms with E-state index in [1.807, 2.05) is 30.3 Å². The van der Waals surface area contributed by atoms with Gasteiger partial charge in [0.15, 0.2) is 0 Å². The van der Waals surface area contributed by atoms with Gasteiger partial charge in [-0.05, 0) is 50.1 Å². The topological polar surface area (TPSA) is 54.0 Å². The molecule has 0 bridgehead atoms. The number of fused-ring (bicyclic) bond motifs is 1. The number of aromatic nitrogens is 1. The van der Waals surface area contributed by atoms with Crippen LogP contribution < -0.4 is 10.6 Å². The highest BCUT2D eigenvalue weighted by Crippen LogP contribution is 2.18. The number of piperidine rings is 1. The van der Waals surface area contributed by atoms with Gasteiger partial charge in [-0.3, -0.25) is 9.78 Å². The molecule has 4 nitrogen and oxygen atoms in total. The van der Waals surface area contributed by atoms with Crippen LogP contribution in [0.1, 0.15) is 30.6 Å². The minimum Gasteiger partial charge on any atom is -0.347 e. The fourth-order valence-corrected chi connectivity index (χ4v) is 3.06. The van der Waals surface area contributed by atoms with Crippen LogP contribution >= 0.6 is 24.8 Å². The number of rotatable bonds is 2. The Hall–Kier alpha value is -1.36. The average Bonchev–Trinajstić information content (AvgIpc) is 2.50. The molecule has 2 heterocycles. The molecule has 3 unspecified atom stereocenters. The third-order valence-corrected chi connectivity index (χ3v) is 4.38. The summed E-state index contributed by atoms with van der Waals surface area (Å²) in [7, 11) is 0. The molecule has 0 aliphatic carbocycles. The molecular formula is C17H23Cl2N3O. The molecule has 3 atom stereocenters. The molecular weight excluding hydrogens is 333 g/mol. The first kappa shape index (κ1) is 19.7. The molecule has 2 N–H and O–H groups in total. The summed E-state index contributed by atoms with van der Waals surface area (Å²) in [6.07, 6.45) is 2.86. The van der Waals surface area contributed by atoms with E-state index in [9.17, 15) is 4.79 Å². The van der Waals surface area contributed by atoms with Gasteiger partial charge in [-0.15, -0.1) is 24.8 Å². The van der Waals surface area contributed by atoms with Gasteiger partial charge in [0.1, 0.15) is 0 Å². The molecule has 2 aromatic rings. The summed E-state index contributed by atoms with van der Waals surface area (Å²) in [6, 6.07) is 10.00. The second-order valence-electron chi connectivity index (χ2n) is 5.92. The van der Waals surface area contributed by atoms with Gasteiger partial charge in [-0.2, -0.15) is 0 Å². The van der Waals surface area contributed by atoms with Gasteiger partial charge in [0.05, 0.1) is 5.52 Å². The molecule has 6 heteroatoms. The normalized spacial score (nSPS) is 23.5. The number of hydrogen-bond acceptors (Lipinski definition) is 3. The van der Waals surface area contributed by atoms with Crippen molar-refractivity contribution in [2.75, 3.05) is 6.54 Å². The van der Waals surface area contributed by atoms with Crippen LogP contribution in [0.4, 0.5) is 0 Å². The van der Waals surface area contributed by atoms with Crippen molar-refractivity contribution in [2.45, 2.75) is 32.4 Å². The molecule has 0 saturated carbocycles. The lowest BCUT2D eigenvalue weighted by Crippen LogP contribution is -2.55. The van der Waals surface area contributed by atoms with Gasteiger partial charge in [0.2, 0.25) is 0 Å². The highest BCUT2D eigenvalue weighted by Gasteiger charge is 2.28. The van der Waals surface area contributed by atoms with E-state index in [2.05, 4.69) is 29.5 Å². The zero-order chi connectivity index (χ0) is 14.8. The van der Waals surface area contributed by atoms with Crippen LogP contribution in [0.3, 0.4) is 0 Å². The van der Waals surface area contributed by atoms with E-state index in [0.717, 1.165) is 23.9 Å². The van der Waals surface area contributed by atoms with Crippen LogP contribution in [0.15, 0.2) is 36.5 Å². The molecule has 1 aromatic carbocycles. The van der Waals surface area contributed by atoms with Crippen LogP contribution in [-0.2, 0) is 0 Å². The van der Waals surface area contributed by atoms with Crippen molar-refractivity contribution in [3.8, 4) is 0 Å². The molecule has 0 radical (unpaired) electrons. The Bertz CT molecular complexity index is 655. The van der Waals surface area contributed by atoms with E-state index in [-0.39, 0.29) is 36.8 Å². The van der Waals surface area contributed by atoms with E-state index >= 15 is 0 Å². The maximum Gasteiger partial charge on any atom is 0.251 e. The number of carbonyl (C=O) groups excluding carboxylic acids is 1. The number of nitrogens with one attached hydrogen (secondary N) is 2. The maximum atomic E-state index is 12.5. The highest BCUT2D eigenvalue weighted by molar-refractivity contribution is 5.98. The van der Waals surface area contributed by atoms with Crippen LogP contribution in [0, 0.1) is 5.92 Å². The van der Waals surface area contributed by atoms with Crippen molar-refractivity contribution in [2.24, 2.45) is 5.92 Å². The molecule has 1 aromatic heterocycles. The number of halogens is 2. The Morgan fingerprint density at radius 2 is 2.04 bits per heavy atom. The predicted molar refractivity (Wildman–Crippen MR) is 98.7 cm³/mol. The van der Waals surface area contributed by atoms with Crippen molar-refractivity contribution in [3.63, 3.8) is 0 Å². The number of carbonyl (C=O) groups is 1. The lowest BCUT2D eigenvalue weighted by Gasteiger charge is -2.36. The van der Waals surface area contributed by atoms with Gasteiger partial charge in [0, 0.05) is 29.2 Å². The Morgan fingerprint density at radius 1 is 1.26 bits per heavy atom. The average molecular weight is 356 g/mol. The van der Waals surface area contributed by atoms with Crippen molar-refractivity contribution in [1.29, 1.82) is 0 Å². The first-order valence-corrected chi connectivity index (χ1v) is 7.54. The molecule has 1 amide bonds. The van der Waals surface area contributed by atoms with Crippen molar-refractivity contribution in [1.82, 2.24) is 15.6 Å². The largest absolute Gasteiger partial charge is 0.347 e. The van der Waals surface area contributed by atoms with Gasteiger partial charge in [0.25, 0.3) is 5.91 Å². The maximum absolute atomic E-state index is 12.5. The van der Waals surface area contributed by atoms with E-state index < -0.39 is 0 Å². The monoisotopic (exact) mass is 355 g/mol. The van der Waals surface area contributed by atoms with Gasteiger partial charge in [-0.25, -0.2) is 0 Å². The summed E-state index contributed by atoms with van der Waals surface area (Å²) in [4.78, 5) is 16.8. The minimum atomic E-state index is -0.00634. The Labute approximate surface area is 149 Å². The molecule has 0 spiro atoms. The third-order valence-electron chi connectivity index (χ3n) is 4.38. The van der Waals surface area contributed by atoms with Crippen LogP contribution in [0.5, 0.6) is 0 Å². The zero-order valence-corrected chi connectivity index (χ0v) is 14.9. The number of amides is 1. The first-order valence-electron chi connectivity index (χ1n) is 7.54. The van der Waals surface area contributed by atoms with Gasteiger partial charge < -0.3 is 10.6 Å². The van der Waals surface area contributed by atoms with Gasteiger partial charge in [-0.1, -0.05) is 13.0 Å². The van der Waals surface area contributed by atoms with E-state index in [0.29, 0.717) is 17.5 Å². The summed E-state index contributed by atoms with van der Waals surface area (Å²) in [5, 5.41) is 7.60. The molecule has 1 fully saturated rings. The number of nitrogens with zero attached hydrogens (tertiary/aromatic N) is 1. The Balaban J connectivity index is 0.00000132. The van der Waals surface area contributed by atoms with E-state index in [1.54, 1.807) is 6.20 Å². The standard InChI is InChI=1S/C17H21N3O.2ClH/c1-11-7-9-18-12(2)16(11)20-17(21)14-5-6-15-13(10-14)4-3-8-19-15;;/h3-6,8,10-12,16,18H,7,9H2,1-2H3,(H,20,21);2*1H. The second-order valence-corrected chi connectivity index (χ2v) is 5.92. The summed E-state index contributed by atoms with van der Waals surface area (Å²) in [6.45, 7) is 5.36. The fourth-order valence-electron chi connectivity index (χ4n) is 3.06. The van der Waals surface area contributed by atoms with E-state index in [1.165, 1.54) is 0 Å². The SMILES string of the molecule is CC1CCNC(C)C1NC(=O)c1ccc2ncccc2c1.Cl.Cl. The van der Waals surface area contributed by atoms with Crippen molar-refractivity contribution >= 4 is 41.6 Å². The molecule has 23 heavy (non-hydrogen) atoms. The Morgan fingerprint density at radius 3 is 2.78 bits per heavy atom. The molecule has 1 saturated heterocycles. The number of hydrogen-bond donors (Lipinski definition) is 2. The first-order chi connectivity index (χ1) is 10.1. The summed E-state index contributed by atoms with van der Waals surface area (Å²) in [5.74, 6) is 0.487. The van der Waals surface area contributed by atoms with Crippen LogP contribution in [0.2, 0.25) is 0 Å². The van der Waals surface area contributed by atoms with Gasteiger partial charge >= 0.3 is 0 Å². The fraction of sp³-hybridized carbons (Fsp3) is 0.412. The molecule has 1 aliphatic rings. The number of pyridine rings is 1. The quantitative estimate of drug-likeness (QED) is 0.869. The minimum absolute atomic E-state index is 0. The molecule has 126 valence electrons. The highest BCUT2D eigenvalue weighted by atomic mass is 35.5. The van der Waals surface area contributed by atoms with E-state index in [4.69, 9.17) is 0 Å². The van der Waals surface area contributed by atoms with Crippen molar-refractivity contribution in [3.05, 3.63) is 42.1 Å². The lowest BCUT2D eigenvalue weighted by molar-refractivity contribution is 0.0898. The predicted octanol–water partition coefficient (Wildman–Crippen LogP) is 3.19. The second kappa shape index (κ2) is 8.48. The summed E-state index contributed by atoms with van der Waals surface area (Å²) >= 11 is 0. The number of benzene rings is 1. The lowest BCUT2D eigenvalue weighted by atomic mass is 9.89. The smallest absolute Gasteiger partial charge is 0.251 e. The Kier molecular flexibility index (Phi) is 7.26. The van der Waals surface area contributed by atoms with Crippen molar-refractivity contribution < 1.29 is 4.79 Å². The van der Waals surface area contributed by atoms with Crippen LogP contribution in [0.25, 0.3) is 10.9 Å². The summed E-state index contributed by atoms with van der Waals surface area (Å²) in [5.41, 5.74) is 1.61. The molecule has 1 aliphatic heterocycles. The van der Waals surface area contributed by atoms with Crippen LogP contribution in [-0.4, -0.2) is 29.5 Å². The third kappa shape index (κ3) is 4.34. The zero-order valence-electron chi connectivity index (χ0n) is 13.3. The summed E-state index contributed by atoms with van der Waals surface area (Å²) < 4.78 is 0. The molecule has 3 rings (SSSR count).